The average Bonchev–Trinajstić information content (AvgIpc) is 2.71. The maximum atomic E-state index is 4.45. The van der Waals surface area contributed by atoms with Crippen LogP contribution in [0.25, 0.3) is 0 Å². The third-order valence-electron chi connectivity index (χ3n) is 3.20. The first-order valence-electron chi connectivity index (χ1n) is 6.08. The largest absolute Gasteiger partial charge is 0.293 e. The molecule has 1 fully saturated rings. The summed E-state index contributed by atoms with van der Waals surface area (Å²) in [5, 5.41) is 3.25. The number of aryl methyl sites for hydroxylation is 1. The summed E-state index contributed by atoms with van der Waals surface area (Å²) in [6, 6.07) is 1.16. The molecule has 0 radical (unpaired) electrons. The fraction of sp³-hybridized carbons (Fsp3) is 0.818. The third kappa shape index (κ3) is 2.52. The molecule has 1 aromatic rings. The number of hydrazine groups is 1. The molecule has 1 saturated heterocycles. The van der Waals surface area contributed by atoms with Gasteiger partial charge in [0.05, 0.1) is 0 Å². The summed E-state index contributed by atoms with van der Waals surface area (Å²) >= 11 is 1.46. The monoisotopic (exact) mass is 240 g/mol. The van der Waals surface area contributed by atoms with Gasteiger partial charge in [-0.05, 0) is 26.7 Å². The lowest BCUT2D eigenvalue weighted by molar-refractivity contribution is 0.135. The lowest BCUT2D eigenvalue weighted by Gasteiger charge is -2.38. The average molecular weight is 240 g/mol. The Labute approximate surface area is 101 Å². The number of hydrogen-bond donors (Lipinski definition) is 1. The third-order valence-corrected chi connectivity index (χ3v) is 3.86. The summed E-state index contributed by atoms with van der Waals surface area (Å²) in [7, 11) is 0. The van der Waals surface area contributed by atoms with Gasteiger partial charge in [0.2, 0.25) is 5.13 Å². The minimum atomic E-state index is 0.581. The van der Waals surface area contributed by atoms with Crippen LogP contribution in [0.1, 0.15) is 45.9 Å². The zero-order valence-corrected chi connectivity index (χ0v) is 11.0. The van der Waals surface area contributed by atoms with Crippen LogP contribution in [0.2, 0.25) is 0 Å². The number of hydrogen-bond acceptors (Lipinski definition) is 5. The summed E-state index contributed by atoms with van der Waals surface area (Å²) in [6.07, 6.45) is 4.76. The fourth-order valence-electron chi connectivity index (χ4n) is 2.20. The van der Waals surface area contributed by atoms with Gasteiger partial charge in [-0.1, -0.05) is 13.3 Å². The molecule has 1 N–H and O–H groups in total. The van der Waals surface area contributed by atoms with E-state index >= 15 is 0 Å². The lowest BCUT2D eigenvalue weighted by atomic mass is 10.00. The molecular formula is C11H20N4S. The molecule has 16 heavy (non-hydrogen) atoms. The highest BCUT2D eigenvalue weighted by Crippen LogP contribution is 2.24. The van der Waals surface area contributed by atoms with Gasteiger partial charge in [0, 0.05) is 30.0 Å². The first kappa shape index (κ1) is 11.8. The van der Waals surface area contributed by atoms with Crippen molar-refractivity contribution in [2.24, 2.45) is 0 Å². The number of piperidine rings is 1. The molecule has 90 valence electrons. The Hall–Kier alpha value is -0.680. The Morgan fingerprint density at radius 1 is 1.38 bits per heavy atom. The molecule has 1 aliphatic heterocycles. The molecule has 1 aliphatic rings. The summed E-state index contributed by atoms with van der Waals surface area (Å²) < 4.78 is 4.29. The van der Waals surface area contributed by atoms with Crippen molar-refractivity contribution in [2.75, 3.05) is 5.43 Å². The standard InChI is InChI=1S/C11H20N4S/c1-4-10-12-11(16-14-10)13-15-8(2)6-5-7-9(15)3/h8-9H,4-7H2,1-3H3,(H,12,13,14). The van der Waals surface area contributed by atoms with Crippen LogP contribution in [-0.4, -0.2) is 26.5 Å². The highest BCUT2D eigenvalue weighted by atomic mass is 32.1. The van der Waals surface area contributed by atoms with Crippen molar-refractivity contribution in [3.8, 4) is 0 Å². The van der Waals surface area contributed by atoms with Crippen LogP contribution in [0, 0.1) is 0 Å². The van der Waals surface area contributed by atoms with Gasteiger partial charge in [-0.15, -0.1) is 0 Å². The molecule has 2 unspecified atom stereocenters. The van der Waals surface area contributed by atoms with E-state index in [-0.39, 0.29) is 0 Å². The number of aromatic nitrogens is 2. The van der Waals surface area contributed by atoms with Gasteiger partial charge >= 0.3 is 0 Å². The second-order valence-electron chi connectivity index (χ2n) is 4.52. The van der Waals surface area contributed by atoms with Gasteiger partial charge in [0.1, 0.15) is 5.82 Å². The molecule has 4 nitrogen and oxygen atoms in total. The second kappa shape index (κ2) is 5.10. The Bertz CT molecular complexity index is 328. The van der Waals surface area contributed by atoms with Crippen molar-refractivity contribution in [1.29, 1.82) is 0 Å². The predicted octanol–water partition coefficient (Wildman–Crippen LogP) is 2.69. The minimum absolute atomic E-state index is 0.581. The smallest absolute Gasteiger partial charge is 0.217 e. The predicted molar refractivity (Wildman–Crippen MR) is 67.5 cm³/mol. The van der Waals surface area contributed by atoms with Crippen LogP contribution in [0.4, 0.5) is 5.13 Å². The Morgan fingerprint density at radius 2 is 2.06 bits per heavy atom. The van der Waals surface area contributed by atoms with Gasteiger partial charge < -0.3 is 0 Å². The number of rotatable bonds is 3. The van der Waals surface area contributed by atoms with Gasteiger partial charge in [-0.2, -0.15) is 4.37 Å². The Morgan fingerprint density at radius 3 is 2.62 bits per heavy atom. The van der Waals surface area contributed by atoms with Crippen molar-refractivity contribution in [2.45, 2.75) is 58.5 Å². The van der Waals surface area contributed by atoms with Gasteiger partial charge in [0.25, 0.3) is 0 Å². The zero-order chi connectivity index (χ0) is 11.5. The molecule has 1 aromatic heterocycles. The van der Waals surface area contributed by atoms with E-state index < -0.39 is 0 Å². The van der Waals surface area contributed by atoms with Crippen LogP contribution in [0.15, 0.2) is 0 Å². The summed E-state index contributed by atoms with van der Waals surface area (Å²) in [4.78, 5) is 4.45. The fourth-order valence-corrected chi connectivity index (χ4v) is 2.85. The zero-order valence-electron chi connectivity index (χ0n) is 10.2. The van der Waals surface area contributed by atoms with Crippen molar-refractivity contribution < 1.29 is 0 Å². The number of anilines is 1. The molecule has 0 saturated carbocycles. The second-order valence-corrected chi connectivity index (χ2v) is 5.27. The normalized spacial score (nSPS) is 26.9. The van der Waals surface area contributed by atoms with E-state index in [2.05, 4.69) is 40.6 Å². The summed E-state index contributed by atoms with van der Waals surface area (Å²) in [5.74, 6) is 0.935. The van der Waals surface area contributed by atoms with Crippen LogP contribution in [-0.2, 0) is 6.42 Å². The minimum Gasteiger partial charge on any atom is -0.293 e. The van der Waals surface area contributed by atoms with E-state index in [0.29, 0.717) is 12.1 Å². The molecule has 2 rings (SSSR count). The molecule has 0 amide bonds. The molecule has 0 aliphatic carbocycles. The van der Waals surface area contributed by atoms with Crippen LogP contribution < -0.4 is 5.43 Å². The lowest BCUT2D eigenvalue weighted by Crippen LogP contribution is -2.47. The van der Waals surface area contributed by atoms with E-state index in [1.165, 1.54) is 30.8 Å². The molecule has 0 spiro atoms. The van der Waals surface area contributed by atoms with Gasteiger partial charge in [0.15, 0.2) is 0 Å². The first-order chi connectivity index (χ1) is 7.70. The van der Waals surface area contributed by atoms with Crippen molar-refractivity contribution in [1.82, 2.24) is 14.4 Å². The number of nitrogens with one attached hydrogen (secondary N) is 1. The van der Waals surface area contributed by atoms with Crippen molar-refractivity contribution in [3.05, 3.63) is 5.82 Å². The van der Waals surface area contributed by atoms with Crippen molar-refractivity contribution >= 4 is 16.7 Å². The van der Waals surface area contributed by atoms with E-state index in [1.54, 1.807) is 0 Å². The molecule has 5 heteroatoms. The van der Waals surface area contributed by atoms with Gasteiger partial charge in [-0.3, -0.25) is 5.43 Å². The number of nitrogens with zero attached hydrogens (tertiary/aromatic N) is 3. The molecule has 2 atom stereocenters. The molecular weight excluding hydrogens is 220 g/mol. The molecule has 0 bridgehead atoms. The molecule has 0 aromatic carbocycles. The highest BCUT2D eigenvalue weighted by Gasteiger charge is 2.25. The van der Waals surface area contributed by atoms with E-state index in [4.69, 9.17) is 0 Å². The van der Waals surface area contributed by atoms with Gasteiger partial charge in [-0.25, -0.2) is 9.99 Å². The van der Waals surface area contributed by atoms with Crippen molar-refractivity contribution in [3.63, 3.8) is 0 Å². The Kier molecular flexibility index (Phi) is 3.76. The quantitative estimate of drug-likeness (QED) is 0.882. The first-order valence-corrected chi connectivity index (χ1v) is 6.85. The van der Waals surface area contributed by atoms with E-state index in [1.807, 2.05) is 0 Å². The molecule has 2 heterocycles. The Balaban J connectivity index is 2.01. The summed E-state index contributed by atoms with van der Waals surface area (Å²) in [6.45, 7) is 6.62. The van der Waals surface area contributed by atoms with Crippen LogP contribution in [0.3, 0.4) is 0 Å². The van der Waals surface area contributed by atoms with E-state index in [9.17, 15) is 0 Å². The van der Waals surface area contributed by atoms with Crippen LogP contribution >= 0.6 is 11.5 Å². The maximum absolute atomic E-state index is 4.45. The SMILES string of the molecule is CCc1nsc(NN2C(C)CCCC2C)n1. The maximum Gasteiger partial charge on any atom is 0.217 e. The highest BCUT2D eigenvalue weighted by molar-refractivity contribution is 7.09. The van der Waals surface area contributed by atoms with Crippen LogP contribution in [0.5, 0.6) is 0 Å². The van der Waals surface area contributed by atoms with E-state index in [0.717, 1.165) is 17.4 Å². The topological polar surface area (TPSA) is 41.1 Å². The summed E-state index contributed by atoms with van der Waals surface area (Å²) in [5.41, 5.74) is 3.41.